The number of rotatable bonds is 10. The molecule has 32 heavy (non-hydrogen) atoms. The van der Waals surface area contributed by atoms with Crippen LogP contribution in [0.1, 0.15) is 61.4 Å². The summed E-state index contributed by atoms with van der Waals surface area (Å²) in [4.78, 5) is 26.5. The van der Waals surface area contributed by atoms with Gasteiger partial charge in [-0.05, 0) is 80.6 Å². The highest BCUT2D eigenvalue weighted by Gasteiger charge is 2.25. The van der Waals surface area contributed by atoms with Crippen molar-refractivity contribution in [3.63, 3.8) is 0 Å². The van der Waals surface area contributed by atoms with E-state index in [2.05, 4.69) is 5.32 Å². The Kier molecular flexibility index (Phi) is 8.68. The molecule has 1 fully saturated rings. The fourth-order valence-electron chi connectivity index (χ4n) is 4.25. The van der Waals surface area contributed by atoms with E-state index in [1.165, 1.54) is 12.8 Å². The maximum Gasteiger partial charge on any atom is 0.251 e. The van der Waals surface area contributed by atoms with Gasteiger partial charge in [0.2, 0.25) is 5.91 Å². The molecule has 172 valence electrons. The van der Waals surface area contributed by atoms with E-state index >= 15 is 0 Å². The third-order valence-electron chi connectivity index (χ3n) is 5.88. The smallest absolute Gasteiger partial charge is 0.251 e. The first-order chi connectivity index (χ1) is 15.5. The van der Waals surface area contributed by atoms with Crippen LogP contribution in [-0.4, -0.2) is 38.1 Å². The number of hydrogen-bond acceptors (Lipinski definition) is 4. The molecule has 2 amide bonds. The van der Waals surface area contributed by atoms with Gasteiger partial charge in [0.25, 0.3) is 5.91 Å². The van der Waals surface area contributed by atoms with Crippen molar-refractivity contribution < 1.29 is 19.1 Å². The Morgan fingerprint density at radius 2 is 1.72 bits per heavy atom. The van der Waals surface area contributed by atoms with Gasteiger partial charge in [-0.1, -0.05) is 12.8 Å². The minimum atomic E-state index is -0.0768. The van der Waals surface area contributed by atoms with Crippen LogP contribution in [0.25, 0.3) is 0 Å². The van der Waals surface area contributed by atoms with E-state index in [0.29, 0.717) is 36.3 Å². The van der Waals surface area contributed by atoms with Crippen LogP contribution in [-0.2, 0) is 9.53 Å². The number of hydrogen-bond donors (Lipinski definition) is 1. The summed E-state index contributed by atoms with van der Waals surface area (Å²) in [6.07, 6.45) is 6.28. The van der Waals surface area contributed by atoms with Gasteiger partial charge in [-0.2, -0.15) is 0 Å². The fourth-order valence-corrected chi connectivity index (χ4v) is 4.25. The maximum absolute atomic E-state index is 12.4. The summed E-state index contributed by atoms with van der Waals surface area (Å²) in [6.45, 7) is 4.87. The number of ether oxygens (including phenoxy) is 2. The van der Waals surface area contributed by atoms with E-state index in [-0.39, 0.29) is 11.8 Å². The molecule has 2 aromatic rings. The summed E-state index contributed by atoms with van der Waals surface area (Å²) in [5.74, 6) is 1.37. The Hall–Kier alpha value is -2.86. The second-order valence-electron chi connectivity index (χ2n) is 8.36. The molecule has 6 heteroatoms. The summed E-state index contributed by atoms with van der Waals surface area (Å²) < 4.78 is 11.0. The topological polar surface area (TPSA) is 67.9 Å². The average Bonchev–Trinajstić information content (AvgIpc) is 3.29. The van der Waals surface area contributed by atoms with Crippen LogP contribution in [0.15, 0.2) is 42.5 Å². The summed E-state index contributed by atoms with van der Waals surface area (Å²) in [6, 6.07) is 13.4. The number of aryl methyl sites for hydroxylation is 1. The van der Waals surface area contributed by atoms with Crippen LogP contribution < -0.4 is 15.0 Å². The van der Waals surface area contributed by atoms with Gasteiger partial charge in [-0.15, -0.1) is 0 Å². The van der Waals surface area contributed by atoms with Crippen molar-refractivity contribution in [2.75, 3.05) is 25.2 Å². The second-order valence-corrected chi connectivity index (χ2v) is 8.36. The molecular formula is C26H34N2O4. The number of benzene rings is 2. The highest BCUT2D eigenvalue weighted by Crippen LogP contribution is 2.31. The molecule has 0 spiro atoms. The van der Waals surface area contributed by atoms with Crippen LogP contribution >= 0.6 is 0 Å². The highest BCUT2D eigenvalue weighted by molar-refractivity contribution is 5.95. The standard InChI is InChI=1S/C26H34N2O4/c1-19-18-24(14-15-25(19)26(30)27-16-6-7-17-31-3)32-23-12-10-22(11-13-23)28(20(2)29)21-8-4-5-9-21/h10-15,18,21H,4-9,16-17H2,1-3H3,(H,27,30). The van der Waals surface area contributed by atoms with Crippen LogP contribution in [0, 0.1) is 6.92 Å². The van der Waals surface area contributed by atoms with Crippen molar-refractivity contribution in [2.45, 2.75) is 58.4 Å². The molecule has 3 rings (SSSR count). The van der Waals surface area contributed by atoms with Crippen molar-refractivity contribution in [1.82, 2.24) is 5.32 Å². The molecule has 1 aliphatic rings. The Bertz CT molecular complexity index is 905. The molecule has 6 nitrogen and oxygen atoms in total. The number of nitrogens with zero attached hydrogens (tertiary/aromatic N) is 1. The molecule has 1 saturated carbocycles. The molecule has 0 aliphatic heterocycles. The van der Waals surface area contributed by atoms with Crippen LogP contribution in [0.5, 0.6) is 11.5 Å². The van der Waals surface area contributed by atoms with Crippen LogP contribution in [0.3, 0.4) is 0 Å². The van der Waals surface area contributed by atoms with Gasteiger partial charge in [-0.25, -0.2) is 0 Å². The second kappa shape index (κ2) is 11.7. The number of carbonyl (C=O) groups is 2. The zero-order valence-corrected chi connectivity index (χ0v) is 19.4. The monoisotopic (exact) mass is 438 g/mol. The predicted octanol–water partition coefficient (Wildman–Crippen LogP) is 5.24. The Balaban J connectivity index is 1.60. The molecule has 0 unspecified atom stereocenters. The van der Waals surface area contributed by atoms with E-state index in [9.17, 15) is 9.59 Å². The first-order valence-corrected chi connectivity index (χ1v) is 11.4. The number of nitrogens with one attached hydrogen (secondary N) is 1. The molecule has 1 aliphatic carbocycles. The molecule has 0 aromatic heterocycles. The van der Waals surface area contributed by atoms with Gasteiger partial charge in [0.15, 0.2) is 0 Å². The first-order valence-electron chi connectivity index (χ1n) is 11.4. The van der Waals surface area contributed by atoms with E-state index in [1.54, 1.807) is 26.2 Å². The number of anilines is 1. The third kappa shape index (κ3) is 6.33. The molecular weight excluding hydrogens is 404 g/mol. The summed E-state index contributed by atoms with van der Waals surface area (Å²) in [7, 11) is 1.68. The molecule has 0 atom stereocenters. The van der Waals surface area contributed by atoms with Crippen LogP contribution in [0.2, 0.25) is 0 Å². The Morgan fingerprint density at radius 1 is 1.03 bits per heavy atom. The molecule has 0 bridgehead atoms. The lowest BCUT2D eigenvalue weighted by atomic mass is 10.1. The zero-order valence-electron chi connectivity index (χ0n) is 19.4. The SMILES string of the molecule is COCCCCNC(=O)c1ccc(Oc2ccc(N(C(C)=O)C3CCCC3)cc2)cc1C. The first kappa shape index (κ1) is 23.8. The number of carbonyl (C=O) groups excluding carboxylic acids is 2. The van der Waals surface area contributed by atoms with Crippen LogP contribution in [0.4, 0.5) is 5.69 Å². The Morgan fingerprint density at radius 3 is 2.34 bits per heavy atom. The number of methoxy groups -OCH3 is 1. The van der Waals surface area contributed by atoms with Gasteiger partial charge >= 0.3 is 0 Å². The minimum absolute atomic E-state index is 0.0768. The third-order valence-corrected chi connectivity index (χ3v) is 5.88. The number of unbranched alkanes of at least 4 members (excludes halogenated alkanes) is 1. The van der Waals surface area contributed by atoms with Crippen molar-refractivity contribution in [3.05, 3.63) is 53.6 Å². The lowest BCUT2D eigenvalue weighted by molar-refractivity contribution is -0.117. The van der Waals surface area contributed by atoms with Crippen molar-refractivity contribution in [1.29, 1.82) is 0 Å². The van der Waals surface area contributed by atoms with Gasteiger partial charge in [0.1, 0.15) is 11.5 Å². The summed E-state index contributed by atoms with van der Waals surface area (Å²) in [5, 5.41) is 2.95. The van der Waals surface area contributed by atoms with Gasteiger partial charge in [-0.3, -0.25) is 9.59 Å². The maximum atomic E-state index is 12.4. The highest BCUT2D eigenvalue weighted by atomic mass is 16.5. The molecule has 1 N–H and O–H groups in total. The molecule has 0 radical (unpaired) electrons. The lowest BCUT2D eigenvalue weighted by Crippen LogP contribution is -2.37. The quantitative estimate of drug-likeness (QED) is 0.515. The van der Waals surface area contributed by atoms with E-state index < -0.39 is 0 Å². The largest absolute Gasteiger partial charge is 0.457 e. The molecule has 2 aromatic carbocycles. The Labute approximate surface area is 190 Å². The predicted molar refractivity (Wildman–Crippen MR) is 127 cm³/mol. The van der Waals surface area contributed by atoms with Crippen molar-refractivity contribution in [2.24, 2.45) is 0 Å². The van der Waals surface area contributed by atoms with E-state index in [0.717, 1.165) is 36.9 Å². The lowest BCUT2D eigenvalue weighted by Gasteiger charge is -2.28. The summed E-state index contributed by atoms with van der Waals surface area (Å²) >= 11 is 0. The van der Waals surface area contributed by atoms with E-state index in [4.69, 9.17) is 9.47 Å². The zero-order chi connectivity index (χ0) is 22.9. The van der Waals surface area contributed by atoms with Crippen molar-refractivity contribution >= 4 is 17.5 Å². The average molecular weight is 439 g/mol. The van der Waals surface area contributed by atoms with Gasteiger partial charge in [0.05, 0.1) is 0 Å². The number of amides is 2. The normalized spacial score (nSPS) is 13.7. The summed E-state index contributed by atoms with van der Waals surface area (Å²) in [5.41, 5.74) is 2.41. The van der Waals surface area contributed by atoms with Gasteiger partial charge < -0.3 is 19.7 Å². The van der Waals surface area contributed by atoms with Gasteiger partial charge in [0, 0.05) is 44.5 Å². The molecule has 0 heterocycles. The molecule has 0 saturated heterocycles. The fraction of sp³-hybridized carbons (Fsp3) is 0.462. The van der Waals surface area contributed by atoms with Crippen molar-refractivity contribution in [3.8, 4) is 11.5 Å². The van der Waals surface area contributed by atoms with E-state index in [1.807, 2.05) is 42.2 Å². The minimum Gasteiger partial charge on any atom is -0.457 e.